The van der Waals surface area contributed by atoms with Crippen LogP contribution >= 0.6 is 0 Å². The predicted molar refractivity (Wildman–Crippen MR) is 76.2 cm³/mol. The van der Waals surface area contributed by atoms with Crippen molar-refractivity contribution in [3.63, 3.8) is 0 Å². The van der Waals surface area contributed by atoms with Gasteiger partial charge in [0.25, 0.3) is 0 Å². The quantitative estimate of drug-likeness (QED) is 0.766. The second kappa shape index (κ2) is 6.49. The number of hydrogen-bond donors (Lipinski definition) is 2. The standard InChI is InChI=1S/C16H25N3/c1-2-4-16(5-3-1)19-12-10-18(11-13-19)14-15-6-8-17-9-7-15/h6-9,16H,1-5,10-14H2/p+2. The maximum Gasteiger partial charge on any atom is 0.127 e. The molecule has 0 radical (unpaired) electrons. The molecule has 1 aliphatic heterocycles. The van der Waals surface area contributed by atoms with E-state index in [0.717, 1.165) is 6.04 Å². The van der Waals surface area contributed by atoms with E-state index in [1.54, 1.807) is 4.90 Å². The number of pyridine rings is 1. The summed E-state index contributed by atoms with van der Waals surface area (Å²) in [6.07, 6.45) is 11.2. The molecule has 0 unspecified atom stereocenters. The van der Waals surface area contributed by atoms with Crippen LogP contribution in [0.2, 0.25) is 0 Å². The van der Waals surface area contributed by atoms with Gasteiger partial charge in [0.05, 0.1) is 6.04 Å². The van der Waals surface area contributed by atoms with Crippen LogP contribution in [0.1, 0.15) is 37.7 Å². The summed E-state index contributed by atoms with van der Waals surface area (Å²) in [5.41, 5.74) is 1.44. The lowest BCUT2D eigenvalue weighted by atomic mass is 9.94. The van der Waals surface area contributed by atoms with Crippen LogP contribution < -0.4 is 9.80 Å². The summed E-state index contributed by atoms with van der Waals surface area (Å²) in [7, 11) is 0. The van der Waals surface area contributed by atoms with Crippen LogP contribution in [0.15, 0.2) is 24.5 Å². The van der Waals surface area contributed by atoms with Crippen LogP contribution in [-0.2, 0) is 6.54 Å². The molecule has 3 rings (SSSR count). The van der Waals surface area contributed by atoms with Crippen molar-refractivity contribution in [2.24, 2.45) is 0 Å². The maximum atomic E-state index is 4.10. The molecule has 0 atom stereocenters. The molecule has 0 amide bonds. The van der Waals surface area contributed by atoms with E-state index >= 15 is 0 Å². The highest BCUT2D eigenvalue weighted by molar-refractivity contribution is 5.07. The van der Waals surface area contributed by atoms with Gasteiger partial charge in [0, 0.05) is 18.0 Å². The van der Waals surface area contributed by atoms with Crippen molar-refractivity contribution >= 4 is 0 Å². The third-order valence-corrected chi connectivity index (χ3v) is 4.99. The molecule has 1 saturated carbocycles. The molecular weight excluding hydrogens is 234 g/mol. The Labute approximate surface area is 116 Å². The summed E-state index contributed by atoms with van der Waals surface area (Å²) in [6, 6.07) is 5.30. The topological polar surface area (TPSA) is 21.8 Å². The molecule has 1 aromatic rings. The molecule has 2 fully saturated rings. The smallest absolute Gasteiger partial charge is 0.127 e. The van der Waals surface area contributed by atoms with E-state index in [1.807, 2.05) is 17.3 Å². The monoisotopic (exact) mass is 261 g/mol. The molecule has 3 heteroatoms. The fraction of sp³-hybridized carbons (Fsp3) is 0.688. The summed E-state index contributed by atoms with van der Waals surface area (Å²) in [5, 5.41) is 0. The first kappa shape index (κ1) is 13.1. The normalized spacial score (nSPS) is 29.3. The lowest BCUT2D eigenvalue weighted by Gasteiger charge is -2.36. The maximum absolute atomic E-state index is 4.10. The second-order valence-electron chi connectivity index (χ2n) is 6.28. The third kappa shape index (κ3) is 3.54. The fourth-order valence-corrected chi connectivity index (χ4v) is 3.81. The molecule has 2 heterocycles. The van der Waals surface area contributed by atoms with Crippen LogP contribution in [-0.4, -0.2) is 37.2 Å². The Morgan fingerprint density at radius 3 is 2.32 bits per heavy atom. The number of nitrogens with one attached hydrogen (secondary N) is 2. The predicted octanol–water partition coefficient (Wildman–Crippen LogP) is -0.302. The molecule has 1 aliphatic carbocycles. The number of rotatable bonds is 3. The molecule has 0 spiro atoms. The van der Waals surface area contributed by atoms with Crippen molar-refractivity contribution in [1.82, 2.24) is 4.98 Å². The Hall–Kier alpha value is -0.930. The summed E-state index contributed by atoms with van der Waals surface area (Å²) in [6.45, 7) is 6.62. The van der Waals surface area contributed by atoms with Gasteiger partial charge in [-0.2, -0.15) is 0 Å². The van der Waals surface area contributed by atoms with Crippen molar-refractivity contribution in [2.75, 3.05) is 26.2 Å². The number of aromatic nitrogens is 1. The molecule has 19 heavy (non-hydrogen) atoms. The first-order valence-electron chi connectivity index (χ1n) is 7.99. The van der Waals surface area contributed by atoms with E-state index in [4.69, 9.17) is 0 Å². The van der Waals surface area contributed by atoms with E-state index < -0.39 is 0 Å². The third-order valence-electron chi connectivity index (χ3n) is 4.99. The first-order valence-corrected chi connectivity index (χ1v) is 7.99. The number of piperazine rings is 1. The Balaban J connectivity index is 1.46. The Morgan fingerprint density at radius 1 is 0.947 bits per heavy atom. The lowest BCUT2D eigenvalue weighted by Crippen LogP contribution is -3.29. The molecular formula is C16H27N3+2. The minimum Gasteiger partial charge on any atom is -0.323 e. The van der Waals surface area contributed by atoms with E-state index in [9.17, 15) is 0 Å². The zero-order valence-corrected chi connectivity index (χ0v) is 11.9. The summed E-state index contributed by atoms with van der Waals surface area (Å²) in [5.74, 6) is 0. The Kier molecular flexibility index (Phi) is 4.46. The average molecular weight is 261 g/mol. The van der Waals surface area contributed by atoms with Crippen molar-refractivity contribution < 1.29 is 9.80 Å². The van der Waals surface area contributed by atoms with Gasteiger partial charge in [-0.3, -0.25) is 4.98 Å². The second-order valence-corrected chi connectivity index (χ2v) is 6.28. The largest absolute Gasteiger partial charge is 0.323 e. The molecule has 104 valence electrons. The van der Waals surface area contributed by atoms with Gasteiger partial charge < -0.3 is 9.80 Å². The van der Waals surface area contributed by atoms with Crippen LogP contribution in [0.25, 0.3) is 0 Å². The molecule has 2 N–H and O–H groups in total. The zero-order chi connectivity index (χ0) is 12.9. The van der Waals surface area contributed by atoms with Crippen LogP contribution in [0, 0.1) is 0 Å². The number of hydrogen-bond acceptors (Lipinski definition) is 1. The van der Waals surface area contributed by atoms with Gasteiger partial charge in [0.2, 0.25) is 0 Å². The highest BCUT2D eigenvalue weighted by atomic mass is 15.3. The molecule has 1 saturated heterocycles. The van der Waals surface area contributed by atoms with Gasteiger partial charge in [0.15, 0.2) is 0 Å². The molecule has 2 aliphatic rings. The van der Waals surface area contributed by atoms with E-state index in [-0.39, 0.29) is 0 Å². The first-order chi connectivity index (χ1) is 9.42. The minimum absolute atomic E-state index is 0.983. The van der Waals surface area contributed by atoms with Crippen molar-refractivity contribution in [2.45, 2.75) is 44.7 Å². The van der Waals surface area contributed by atoms with Gasteiger partial charge in [-0.15, -0.1) is 0 Å². The Morgan fingerprint density at radius 2 is 1.63 bits per heavy atom. The zero-order valence-electron chi connectivity index (χ0n) is 11.9. The average Bonchev–Trinajstić information content (AvgIpc) is 2.50. The van der Waals surface area contributed by atoms with Crippen LogP contribution in [0.3, 0.4) is 0 Å². The van der Waals surface area contributed by atoms with Crippen LogP contribution in [0.4, 0.5) is 0 Å². The van der Waals surface area contributed by atoms with Crippen LogP contribution in [0.5, 0.6) is 0 Å². The van der Waals surface area contributed by atoms with Crippen molar-refractivity contribution in [1.29, 1.82) is 0 Å². The van der Waals surface area contributed by atoms with Crippen molar-refractivity contribution in [3.8, 4) is 0 Å². The number of quaternary nitrogens is 2. The molecule has 0 aromatic carbocycles. The summed E-state index contributed by atoms with van der Waals surface area (Å²) >= 11 is 0. The lowest BCUT2D eigenvalue weighted by molar-refractivity contribution is -1.03. The van der Waals surface area contributed by atoms with Gasteiger partial charge >= 0.3 is 0 Å². The van der Waals surface area contributed by atoms with Gasteiger partial charge in [-0.25, -0.2) is 0 Å². The molecule has 0 bridgehead atoms. The summed E-state index contributed by atoms with van der Waals surface area (Å²) < 4.78 is 0. The van der Waals surface area contributed by atoms with Gasteiger partial charge in [0.1, 0.15) is 32.7 Å². The highest BCUT2D eigenvalue weighted by Gasteiger charge is 2.30. The van der Waals surface area contributed by atoms with Gasteiger partial charge in [-0.05, 0) is 37.8 Å². The highest BCUT2D eigenvalue weighted by Crippen LogP contribution is 2.15. The van der Waals surface area contributed by atoms with Gasteiger partial charge in [-0.1, -0.05) is 6.42 Å². The minimum atomic E-state index is 0.983. The molecule has 3 nitrogen and oxygen atoms in total. The van der Waals surface area contributed by atoms with E-state index in [1.165, 1.54) is 70.4 Å². The summed E-state index contributed by atoms with van der Waals surface area (Å²) in [4.78, 5) is 7.75. The molecule has 1 aromatic heterocycles. The SMILES string of the molecule is c1cc(C[NH+]2CC[NH+](C3CCCCC3)CC2)ccn1. The van der Waals surface area contributed by atoms with E-state index in [0.29, 0.717) is 0 Å². The van der Waals surface area contributed by atoms with E-state index in [2.05, 4.69) is 17.1 Å². The fourth-order valence-electron chi connectivity index (χ4n) is 3.81. The van der Waals surface area contributed by atoms with Crippen molar-refractivity contribution in [3.05, 3.63) is 30.1 Å². The Bertz CT molecular complexity index is 365. The number of nitrogens with zero attached hydrogens (tertiary/aromatic N) is 1.